The van der Waals surface area contributed by atoms with Crippen LogP contribution in [0.4, 0.5) is 0 Å². The van der Waals surface area contributed by atoms with Crippen molar-refractivity contribution in [3.8, 4) is 10.4 Å². The first-order valence-corrected chi connectivity index (χ1v) is 6.95. The second-order valence-corrected chi connectivity index (χ2v) is 6.43. The second kappa shape index (κ2) is 4.47. The van der Waals surface area contributed by atoms with E-state index in [-0.39, 0.29) is 0 Å². The first-order chi connectivity index (χ1) is 7.48. The fourth-order valence-corrected chi connectivity index (χ4v) is 3.68. The molecule has 1 aromatic carbocycles. The SMILES string of the molecule is CC(C)(O)c1cc(I)c(-c2ccccc2)s1. The van der Waals surface area contributed by atoms with Crippen molar-refractivity contribution in [3.05, 3.63) is 44.8 Å². The molecule has 1 N–H and O–H groups in total. The van der Waals surface area contributed by atoms with E-state index in [0.717, 1.165) is 4.88 Å². The standard InChI is InChI=1S/C13H13IOS/c1-13(2,15)11-8-10(14)12(16-11)9-6-4-3-5-7-9/h3-8,15H,1-2H3. The Hall–Kier alpha value is -0.390. The third-order valence-corrected chi connectivity index (χ3v) is 5.04. The van der Waals surface area contributed by atoms with Gasteiger partial charge in [0, 0.05) is 13.3 Å². The maximum Gasteiger partial charge on any atom is 0.0932 e. The summed E-state index contributed by atoms with van der Waals surface area (Å²) in [5.74, 6) is 0. The van der Waals surface area contributed by atoms with E-state index in [4.69, 9.17) is 0 Å². The lowest BCUT2D eigenvalue weighted by Gasteiger charge is -2.13. The largest absolute Gasteiger partial charge is 0.385 e. The van der Waals surface area contributed by atoms with Gasteiger partial charge in [0.2, 0.25) is 0 Å². The van der Waals surface area contributed by atoms with Gasteiger partial charge in [0.25, 0.3) is 0 Å². The first-order valence-electron chi connectivity index (χ1n) is 5.06. The van der Waals surface area contributed by atoms with Gasteiger partial charge in [-0.25, -0.2) is 0 Å². The summed E-state index contributed by atoms with van der Waals surface area (Å²) < 4.78 is 1.20. The van der Waals surface area contributed by atoms with Gasteiger partial charge in [0.1, 0.15) is 0 Å². The average Bonchev–Trinajstić information content (AvgIpc) is 2.61. The summed E-state index contributed by atoms with van der Waals surface area (Å²) in [7, 11) is 0. The maximum atomic E-state index is 9.98. The Balaban J connectivity index is 2.48. The van der Waals surface area contributed by atoms with Gasteiger partial charge in [-0.1, -0.05) is 30.3 Å². The average molecular weight is 344 g/mol. The minimum absolute atomic E-state index is 0.752. The van der Waals surface area contributed by atoms with Crippen LogP contribution in [-0.4, -0.2) is 5.11 Å². The summed E-state index contributed by atoms with van der Waals surface area (Å²) in [6.45, 7) is 3.65. The van der Waals surface area contributed by atoms with Gasteiger partial charge >= 0.3 is 0 Å². The minimum Gasteiger partial charge on any atom is -0.385 e. The molecule has 0 atom stereocenters. The van der Waals surface area contributed by atoms with E-state index in [1.165, 1.54) is 14.0 Å². The molecule has 0 saturated heterocycles. The van der Waals surface area contributed by atoms with Gasteiger partial charge in [0.15, 0.2) is 0 Å². The normalized spacial score (nSPS) is 11.8. The maximum absolute atomic E-state index is 9.98. The van der Waals surface area contributed by atoms with E-state index in [2.05, 4.69) is 40.8 Å². The van der Waals surface area contributed by atoms with Gasteiger partial charge in [0.05, 0.1) is 5.60 Å². The zero-order valence-corrected chi connectivity index (χ0v) is 12.2. The van der Waals surface area contributed by atoms with Crippen molar-refractivity contribution in [2.24, 2.45) is 0 Å². The summed E-state index contributed by atoms with van der Waals surface area (Å²) in [6, 6.07) is 12.3. The lowest BCUT2D eigenvalue weighted by Crippen LogP contribution is -2.12. The lowest BCUT2D eigenvalue weighted by atomic mass is 10.1. The molecular weight excluding hydrogens is 331 g/mol. The molecule has 2 rings (SSSR count). The van der Waals surface area contributed by atoms with Crippen LogP contribution in [0.2, 0.25) is 0 Å². The Morgan fingerprint density at radius 1 is 1.19 bits per heavy atom. The van der Waals surface area contributed by atoms with Crippen LogP contribution >= 0.6 is 33.9 Å². The Labute approximate surface area is 113 Å². The Morgan fingerprint density at radius 3 is 2.31 bits per heavy atom. The summed E-state index contributed by atoms with van der Waals surface area (Å²) >= 11 is 3.99. The van der Waals surface area contributed by atoms with Crippen molar-refractivity contribution in [2.45, 2.75) is 19.4 Å². The number of rotatable bonds is 2. The van der Waals surface area contributed by atoms with Crippen LogP contribution in [-0.2, 0) is 5.60 Å². The van der Waals surface area contributed by atoms with Crippen molar-refractivity contribution in [3.63, 3.8) is 0 Å². The molecule has 0 radical (unpaired) electrons. The topological polar surface area (TPSA) is 20.2 Å². The van der Waals surface area contributed by atoms with Gasteiger partial charge in [-0.3, -0.25) is 0 Å². The molecule has 2 aromatic rings. The minimum atomic E-state index is -0.752. The third kappa shape index (κ3) is 2.47. The van der Waals surface area contributed by atoms with Crippen LogP contribution in [0.15, 0.2) is 36.4 Å². The molecule has 3 heteroatoms. The van der Waals surface area contributed by atoms with Gasteiger partial charge in [-0.05, 0) is 48.1 Å². The molecule has 0 aliphatic carbocycles. The van der Waals surface area contributed by atoms with E-state index in [1.807, 2.05) is 32.0 Å². The highest BCUT2D eigenvalue weighted by Gasteiger charge is 2.20. The van der Waals surface area contributed by atoms with Crippen LogP contribution in [0.3, 0.4) is 0 Å². The van der Waals surface area contributed by atoms with Gasteiger partial charge < -0.3 is 5.11 Å². The molecule has 0 aliphatic heterocycles. The zero-order chi connectivity index (χ0) is 11.8. The Morgan fingerprint density at radius 2 is 1.81 bits per heavy atom. The fourth-order valence-electron chi connectivity index (χ4n) is 1.46. The third-order valence-electron chi connectivity index (χ3n) is 2.33. The smallest absolute Gasteiger partial charge is 0.0932 e. The molecule has 84 valence electrons. The quantitative estimate of drug-likeness (QED) is 0.808. The first kappa shape index (κ1) is 12.1. The molecule has 1 nitrogen and oxygen atoms in total. The number of hydrogen-bond donors (Lipinski definition) is 1. The number of benzene rings is 1. The van der Waals surface area contributed by atoms with E-state index in [9.17, 15) is 5.11 Å². The molecule has 0 unspecified atom stereocenters. The zero-order valence-electron chi connectivity index (χ0n) is 9.20. The van der Waals surface area contributed by atoms with E-state index >= 15 is 0 Å². The number of aliphatic hydroxyl groups is 1. The Kier molecular flexibility index (Phi) is 3.37. The van der Waals surface area contributed by atoms with Crippen LogP contribution in [0.1, 0.15) is 18.7 Å². The van der Waals surface area contributed by atoms with Crippen LogP contribution in [0.25, 0.3) is 10.4 Å². The van der Waals surface area contributed by atoms with Crippen LogP contribution in [0.5, 0.6) is 0 Å². The molecule has 1 aromatic heterocycles. The van der Waals surface area contributed by atoms with Crippen molar-refractivity contribution < 1.29 is 5.11 Å². The van der Waals surface area contributed by atoms with Crippen molar-refractivity contribution >= 4 is 33.9 Å². The molecule has 0 saturated carbocycles. The summed E-state index contributed by atoms with van der Waals surface area (Å²) in [4.78, 5) is 2.24. The van der Waals surface area contributed by atoms with Gasteiger partial charge in [-0.15, -0.1) is 11.3 Å². The van der Waals surface area contributed by atoms with Gasteiger partial charge in [-0.2, -0.15) is 0 Å². The number of thiophene rings is 1. The summed E-state index contributed by atoms with van der Waals surface area (Å²) in [5, 5.41) is 9.98. The monoisotopic (exact) mass is 344 g/mol. The van der Waals surface area contributed by atoms with Crippen molar-refractivity contribution in [1.29, 1.82) is 0 Å². The highest BCUT2D eigenvalue weighted by Crippen LogP contribution is 2.38. The van der Waals surface area contributed by atoms with Crippen LogP contribution < -0.4 is 0 Å². The van der Waals surface area contributed by atoms with E-state index in [0.29, 0.717) is 0 Å². The number of hydrogen-bond acceptors (Lipinski definition) is 2. The molecule has 0 spiro atoms. The molecular formula is C13H13IOS. The predicted octanol–water partition coefficient (Wildman–Crippen LogP) is 4.25. The fraction of sp³-hybridized carbons (Fsp3) is 0.231. The second-order valence-electron chi connectivity index (χ2n) is 4.21. The van der Waals surface area contributed by atoms with E-state index in [1.54, 1.807) is 11.3 Å². The lowest BCUT2D eigenvalue weighted by molar-refractivity contribution is 0.0825. The Bertz CT molecular complexity index is 482. The molecule has 0 fully saturated rings. The number of halogens is 1. The van der Waals surface area contributed by atoms with Crippen LogP contribution in [0, 0.1) is 3.57 Å². The summed E-state index contributed by atoms with van der Waals surface area (Å²) in [5.41, 5.74) is 0.463. The van der Waals surface area contributed by atoms with Crippen molar-refractivity contribution in [2.75, 3.05) is 0 Å². The highest BCUT2D eigenvalue weighted by molar-refractivity contribution is 14.1. The van der Waals surface area contributed by atoms with Crippen molar-refractivity contribution in [1.82, 2.24) is 0 Å². The molecule has 0 amide bonds. The molecule has 1 heterocycles. The summed E-state index contributed by atoms with van der Waals surface area (Å²) in [6.07, 6.45) is 0. The van der Waals surface area contributed by atoms with E-state index < -0.39 is 5.60 Å². The molecule has 0 aliphatic rings. The molecule has 16 heavy (non-hydrogen) atoms. The molecule has 0 bridgehead atoms. The predicted molar refractivity (Wildman–Crippen MR) is 77.7 cm³/mol. The highest BCUT2D eigenvalue weighted by atomic mass is 127.